The Bertz CT molecular complexity index is 2500. The number of amides is 5. The maximum atomic E-state index is 13.7. The number of halogens is 2. The van der Waals surface area contributed by atoms with Gasteiger partial charge in [0.05, 0.1) is 33.6 Å². The molecular formula is C49H51Cl2N7O8. The number of unbranched alkanes of at least 4 members (excludes halogenated alkanes) is 4. The molecule has 0 bridgehead atoms. The Morgan fingerprint density at radius 1 is 0.833 bits per heavy atom. The van der Waals surface area contributed by atoms with Crippen molar-refractivity contribution in [1.29, 1.82) is 0 Å². The molecule has 2 N–H and O–H groups in total. The minimum atomic E-state index is -1.10. The minimum Gasteiger partial charge on any atom is -0.370 e. The van der Waals surface area contributed by atoms with E-state index in [1.165, 1.54) is 28.4 Å². The van der Waals surface area contributed by atoms with Crippen LogP contribution in [-0.2, 0) is 30.3 Å². The number of carbonyl (C=O) groups excluding carboxylic acids is 6. The summed E-state index contributed by atoms with van der Waals surface area (Å²) in [5.41, 5.74) is 6.54. The zero-order valence-electron chi connectivity index (χ0n) is 36.3. The number of hydrazine groups is 1. The number of rotatable bonds is 17. The molecule has 2 aromatic heterocycles. The Hall–Kier alpha value is -6.42. The maximum absolute atomic E-state index is 13.7. The van der Waals surface area contributed by atoms with E-state index >= 15 is 0 Å². The lowest BCUT2D eigenvalue weighted by Crippen LogP contribution is -2.47. The van der Waals surface area contributed by atoms with Gasteiger partial charge in [-0.25, -0.2) is 19.3 Å². The van der Waals surface area contributed by atoms with Crippen LogP contribution in [0.2, 0.25) is 10.0 Å². The molecule has 344 valence electrons. The second-order valence-electron chi connectivity index (χ2n) is 16.2. The molecule has 3 aromatic carbocycles. The fraction of sp³-hybridized carbons (Fsp3) is 0.347. The van der Waals surface area contributed by atoms with Crippen molar-refractivity contribution in [3.8, 4) is 16.9 Å². The van der Waals surface area contributed by atoms with E-state index in [1.807, 2.05) is 35.2 Å². The number of aromatic nitrogens is 3. The number of para-hydroxylation sites is 1. The van der Waals surface area contributed by atoms with E-state index in [0.717, 1.165) is 36.3 Å². The fourth-order valence-electron chi connectivity index (χ4n) is 7.97. The van der Waals surface area contributed by atoms with Gasteiger partial charge in [-0.3, -0.25) is 34.9 Å². The molecule has 66 heavy (non-hydrogen) atoms. The molecule has 7 rings (SSSR count). The molecule has 0 spiro atoms. The summed E-state index contributed by atoms with van der Waals surface area (Å²) in [7, 11) is 0. The quantitative estimate of drug-likeness (QED) is 0.0303. The van der Waals surface area contributed by atoms with Crippen molar-refractivity contribution in [2.24, 2.45) is 0 Å². The SMILES string of the molecule is O=C1CCC(OCCc2ccc(C3CCN(C(=O)CCCCCCCN(NC(=O)c4cc(-c5ccccn5)c(Cl)cc4Cl)C(=O)OC(=O)c4ccn(-c5ccccc5)n4)CC3)cc2)C(=O)N1. The third kappa shape index (κ3) is 12.9. The molecule has 2 aliphatic rings. The lowest BCUT2D eigenvalue weighted by Gasteiger charge is -2.32. The Balaban J connectivity index is 0.856. The number of piperidine rings is 2. The van der Waals surface area contributed by atoms with Crippen LogP contribution in [0.1, 0.15) is 102 Å². The Kier molecular flexibility index (Phi) is 16.7. The average molecular weight is 937 g/mol. The van der Waals surface area contributed by atoms with Crippen LogP contribution < -0.4 is 10.7 Å². The maximum Gasteiger partial charge on any atom is 0.436 e. The minimum absolute atomic E-state index is 0.0180. The third-order valence-electron chi connectivity index (χ3n) is 11.7. The van der Waals surface area contributed by atoms with Gasteiger partial charge in [-0.05, 0) is 98.0 Å². The summed E-state index contributed by atoms with van der Waals surface area (Å²) in [6.07, 6.45) is 8.48. The van der Waals surface area contributed by atoms with Gasteiger partial charge in [0.2, 0.25) is 11.8 Å². The number of esters is 1. The summed E-state index contributed by atoms with van der Waals surface area (Å²) in [6, 6.07) is 27.2. The smallest absolute Gasteiger partial charge is 0.370 e. The summed E-state index contributed by atoms with van der Waals surface area (Å²) in [6.45, 7) is 1.81. The molecule has 1 unspecified atom stereocenters. The van der Waals surface area contributed by atoms with Gasteiger partial charge in [0.1, 0.15) is 6.10 Å². The predicted molar refractivity (Wildman–Crippen MR) is 247 cm³/mol. The van der Waals surface area contributed by atoms with Gasteiger partial charge in [-0.1, -0.05) is 91.0 Å². The molecule has 2 fully saturated rings. The number of nitrogens with one attached hydrogen (secondary N) is 2. The van der Waals surface area contributed by atoms with Gasteiger partial charge in [0.15, 0.2) is 5.69 Å². The molecule has 0 aliphatic carbocycles. The lowest BCUT2D eigenvalue weighted by molar-refractivity contribution is -0.143. The first-order chi connectivity index (χ1) is 32.0. The second kappa shape index (κ2) is 23.2. The highest BCUT2D eigenvalue weighted by atomic mass is 35.5. The van der Waals surface area contributed by atoms with Crippen LogP contribution in [0.3, 0.4) is 0 Å². The number of hydrogen-bond donors (Lipinski definition) is 2. The van der Waals surface area contributed by atoms with Crippen LogP contribution in [0.5, 0.6) is 0 Å². The first-order valence-electron chi connectivity index (χ1n) is 22.2. The molecule has 2 saturated heterocycles. The van der Waals surface area contributed by atoms with Crippen LogP contribution in [-0.4, -0.2) is 92.7 Å². The van der Waals surface area contributed by atoms with E-state index in [1.54, 1.807) is 30.6 Å². The zero-order valence-corrected chi connectivity index (χ0v) is 37.8. The van der Waals surface area contributed by atoms with E-state index in [0.29, 0.717) is 87.5 Å². The number of pyridine rings is 1. The Morgan fingerprint density at radius 3 is 2.32 bits per heavy atom. The summed E-state index contributed by atoms with van der Waals surface area (Å²) in [4.78, 5) is 83.0. The standard InChI is InChI=1S/C49H51Cl2N7O8/c50-39-32-40(51)38(31-37(39)41-13-8-9-25-52-41)46(61)55-58(49(64)66-48(63)42-23-29-57(54-42)36-11-5-4-6-12-36)26-10-3-1-2-7-14-45(60)56-27-21-35(22-28-56)34-17-15-33(16-18-34)24-30-65-43-19-20-44(59)53-47(43)62/h4-6,8-9,11-13,15-18,23,25,29,31-32,35,43H,1-3,7,10,14,19-22,24,26-28,30H2,(H,55,61)(H,53,59,62). The number of carbonyl (C=O) groups is 6. The van der Waals surface area contributed by atoms with Crippen LogP contribution in [0, 0.1) is 0 Å². The third-order valence-corrected chi connectivity index (χ3v) is 12.3. The Labute approximate surface area is 392 Å². The van der Waals surface area contributed by atoms with Crippen molar-refractivity contribution in [3.63, 3.8) is 0 Å². The van der Waals surface area contributed by atoms with Crippen molar-refractivity contribution in [1.82, 2.24) is 35.4 Å². The zero-order chi connectivity index (χ0) is 46.4. The molecule has 4 heterocycles. The van der Waals surface area contributed by atoms with Crippen molar-refractivity contribution >= 4 is 58.9 Å². The van der Waals surface area contributed by atoms with Crippen molar-refractivity contribution < 1.29 is 38.2 Å². The van der Waals surface area contributed by atoms with Gasteiger partial charge in [-0.15, -0.1) is 0 Å². The summed E-state index contributed by atoms with van der Waals surface area (Å²) < 4.78 is 12.4. The highest BCUT2D eigenvalue weighted by molar-refractivity contribution is 6.38. The van der Waals surface area contributed by atoms with Gasteiger partial charge in [0.25, 0.3) is 11.8 Å². The van der Waals surface area contributed by atoms with E-state index in [4.69, 9.17) is 32.7 Å². The van der Waals surface area contributed by atoms with Crippen molar-refractivity contribution in [3.05, 3.63) is 136 Å². The van der Waals surface area contributed by atoms with Gasteiger partial charge in [-0.2, -0.15) is 5.10 Å². The topological polar surface area (TPSA) is 182 Å². The monoisotopic (exact) mass is 935 g/mol. The van der Waals surface area contributed by atoms with E-state index in [-0.39, 0.29) is 45.6 Å². The van der Waals surface area contributed by atoms with Gasteiger partial charge < -0.3 is 14.4 Å². The first-order valence-corrected chi connectivity index (χ1v) is 23.0. The molecule has 5 aromatic rings. The molecule has 1 atom stereocenters. The number of ether oxygens (including phenoxy) is 2. The molecule has 0 radical (unpaired) electrons. The van der Waals surface area contributed by atoms with E-state index < -0.39 is 24.1 Å². The number of imide groups is 1. The van der Waals surface area contributed by atoms with Crippen LogP contribution >= 0.6 is 23.2 Å². The Morgan fingerprint density at radius 2 is 1.58 bits per heavy atom. The van der Waals surface area contributed by atoms with Crippen LogP contribution in [0.4, 0.5) is 4.79 Å². The number of nitrogens with zero attached hydrogens (tertiary/aromatic N) is 5. The second-order valence-corrected chi connectivity index (χ2v) is 17.0. The van der Waals surface area contributed by atoms with Crippen molar-refractivity contribution in [2.45, 2.75) is 82.7 Å². The molecule has 17 heteroatoms. The molecule has 5 amide bonds. The molecule has 15 nitrogen and oxygen atoms in total. The van der Waals surface area contributed by atoms with E-state index in [2.05, 4.69) is 45.1 Å². The highest BCUT2D eigenvalue weighted by Gasteiger charge is 2.28. The number of hydrogen-bond acceptors (Lipinski definition) is 10. The molecule has 0 saturated carbocycles. The fourth-order valence-corrected chi connectivity index (χ4v) is 8.53. The summed E-state index contributed by atoms with van der Waals surface area (Å²) in [5, 5.41) is 7.84. The van der Waals surface area contributed by atoms with E-state index in [9.17, 15) is 28.8 Å². The van der Waals surface area contributed by atoms with Crippen LogP contribution in [0.15, 0.2) is 103 Å². The predicted octanol–water partition coefficient (Wildman–Crippen LogP) is 8.28. The normalized spacial score (nSPS) is 15.2. The molecule has 2 aliphatic heterocycles. The highest BCUT2D eigenvalue weighted by Crippen LogP contribution is 2.32. The largest absolute Gasteiger partial charge is 0.436 e. The van der Waals surface area contributed by atoms with Gasteiger partial charge >= 0.3 is 12.1 Å². The van der Waals surface area contributed by atoms with Crippen molar-refractivity contribution in [2.75, 3.05) is 26.2 Å². The lowest BCUT2D eigenvalue weighted by atomic mass is 9.88. The number of benzene rings is 3. The van der Waals surface area contributed by atoms with Crippen LogP contribution in [0.25, 0.3) is 16.9 Å². The number of likely N-dealkylation sites (tertiary alicyclic amines) is 1. The molecular weight excluding hydrogens is 885 g/mol. The summed E-state index contributed by atoms with van der Waals surface area (Å²) >= 11 is 12.9. The van der Waals surface area contributed by atoms with Gasteiger partial charge in [0, 0.05) is 50.4 Å². The first kappa shape index (κ1) is 47.5. The average Bonchev–Trinajstić information content (AvgIpc) is 3.83. The summed E-state index contributed by atoms with van der Waals surface area (Å²) in [5.74, 6) is -1.83.